The van der Waals surface area contributed by atoms with Crippen molar-refractivity contribution in [3.8, 4) is 17.7 Å². The largest absolute Gasteiger partial charge is 0.434 e. The van der Waals surface area contributed by atoms with Gasteiger partial charge >= 0.3 is 0 Å². The third-order valence-electron chi connectivity index (χ3n) is 3.11. The molecule has 0 spiro atoms. The first-order valence-corrected chi connectivity index (χ1v) is 6.99. The van der Waals surface area contributed by atoms with Gasteiger partial charge in [0.25, 0.3) is 5.88 Å². The monoisotopic (exact) mass is 302 g/mol. The lowest BCUT2D eigenvalue weighted by atomic mass is 10.0. The summed E-state index contributed by atoms with van der Waals surface area (Å²) < 4.78 is 5.65. The molecule has 0 atom stereocenters. The molecule has 0 bridgehead atoms. The maximum atomic E-state index is 9.40. The number of nitrogens with two attached hydrogens (primary N) is 1. The van der Waals surface area contributed by atoms with Crippen molar-refractivity contribution in [3.05, 3.63) is 40.0 Å². The molecule has 0 aliphatic heterocycles. The van der Waals surface area contributed by atoms with Crippen LogP contribution in [0.2, 0.25) is 5.02 Å². The van der Waals surface area contributed by atoms with Gasteiger partial charge < -0.3 is 10.5 Å². The van der Waals surface area contributed by atoms with Gasteiger partial charge in [-0.15, -0.1) is 5.10 Å². The number of anilines is 1. The van der Waals surface area contributed by atoms with E-state index in [9.17, 15) is 5.26 Å². The van der Waals surface area contributed by atoms with Crippen molar-refractivity contribution in [2.24, 2.45) is 0 Å². The molecule has 0 fully saturated rings. The minimum absolute atomic E-state index is 0.153. The average molecular weight is 303 g/mol. The van der Waals surface area contributed by atoms with E-state index in [1.165, 1.54) is 0 Å². The third-order valence-corrected chi connectivity index (χ3v) is 3.34. The van der Waals surface area contributed by atoms with Crippen LogP contribution in [0.3, 0.4) is 0 Å². The number of hydrogen-bond acceptors (Lipinski definition) is 5. The van der Waals surface area contributed by atoms with Crippen molar-refractivity contribution in [2.75, 3.05) is 5.73 Å². The second kappa shape index (κ2) is 6.42. The molecule has 0 radical (unpaired) electrons. The molecule has 1 aromatic heterocycles. The summed E-state index contributed by atoms with van der Waals surface area (Å²) in [6, 6.07) is 7.03. The predicted octanol–water partition coefficient (Wildman–Crippen LogP) is 3.50. The van der Waals surface area contributed by atoms with Crippen molar-refractivity contribution in [3.63, 3.8) is 0 Å². The fraction of sp³-hybridized carbons (Fsp3) is 0.267. The fourth-order valence-electron chi connectivity index (χ4n) is 2.04. The van der Waals surface area contributed by atoms with E-state index >= 15 is 0 Å². The molecule has 0 saturated carbocycles. The Morgan fingerprint density at radius 2 is 2.05 bits per heavy atom. The Balaban J connectivity index is 2.50. The first-order valence-electron chi connectivity index (χ1n) is 6.62. The van der Waals surface area contributed by atoms with Crippen molar-refractivity contribution >= 4 is 17.3 Å². The van der Waals surface area contributed by atoms with Gasteiger partial charge in [-0.3, -0.25) is 0 Å². The number of nitrogen functional groups attached to an aromatic ring is 1. The lowest BCUT2D eigenvalue weighted by Crippen LogP contribution is -2.05. The van der Waals surface area contributed by atoms with Crippen molar-refractivity contribution in [2.45, 2.75) is 26.7 Å². The van der Waals surface area contributed by atoms with Crippen molar-refractivity contribution in [1.82, 2.24) is 10.2 Å². The van der Waals surface area contributed by atoms with Crippen molar-refractivity contribution < 1.29 is 4.74 Å². The second-order valence-corrected chi connectivity index (χ2v) is 4.84. The number of halogens is 1. The summed E-state index contributed by atoms with van der Waals surface area (Å²) in [5.74, 6) is 0.514. The summed E-state index contributed by atoms with van der Waals surface area (Å²) >= 11 is 5.93. The minimum Gasteiger partial charge on any atom is -0.434 e. The number of benzene rings is 1. The number of nitrogens with zero attached hydrogens (tertiary/aromatic N) is 3. The highest BCUT2D eigenvalue weighted by molar-refractivity contribution is 6.30. The summed E-state index contributed by atoms with van der Waals surface area (Å²) in [6.45, 7) is 3.94. The van der Waals surface area contributed by atoms with Crippen molar-refractivity contribution in [1.29, 1.82) is 5.26 Å². The van der Waals surface area contributed by atoms with Gasteiger partial charge in [0.2, 0.25) is 0 Å². The highest BCUT2D eigenvalue weighted by atomic mass is 35.5. The Kier molecular flexibility index (Phi) is 4.61. The molecule has 0 aliphatic carbocycles. The maximum absolute atomic E-state index is 9.40. The molecule has 1 aromatic carbocycles. The summed E-state index contributed by atoms with van der Waals surface area (Å²) in [4.78, 5) is 0. The minimum atomic E-state index is 0.153. The number of nitriles is 1. The smallest absolute Gasteiger partial charge is 0.257 e. The zero-order valence-electron chi connectivity index (χ0n) is 11.9. The molecular weight excluding hydrogens is 288 g/mol. The van der Waals surface area contributed by atoms with Gasteiger partial charge in [0.1, 0.15) is 11.6 Å². The number of aromatic nitrogens is 2. The van der Waals surface area contributed by atoms with Crippen LogP contribution >= 0.6 is 11.6 Å². The van der Waals surface area contributed by atoms with E-state index in [0.29, 0.717) is 34.9 Å². The van der Waals surface area contributed by atoms with Crippen LogP contribution < -0.4 is 10.5 Å². The molecule has 0 saturated heterocycles. The summed E-state index contributed by atoms with van der Waals surface area (Å²) in [5.41, 5.74) is 8.31. The van der Waals surface area contributed by atoms with E-state index in [1.807, 2.05) is 13.8 Å². The average Bonchev–Trinajstić information content (AvgIpc) is 2.50. The van der Waals surface area contributed by atoms with E-state index < -0.39 is 0 Å². The number of hydrogen-bond donors (Lipinski definition) is 1. The molecule has 6 heteroatoms. The zero-order valence-corrected chi connectivity index (χ0v) is 12.6. The van der Waals surface area contributed by atoms with E-state index in [4.69, 9.17) is 22.1 Å². The summed E-state index contributed by atoms with van der Waals surface area (Å²) in [6.07, 6.45) is 1.40. The predicted molar refractivity (Wildman–Crippen MR) is 81.4 cm³/mol. The van der Waals surface area contributed by atoms with Crippen LogP contribution in [-0.2, 0) is 12.8 Å². The maximum Gasteiger partial charge on any atom is 0.257 e. The molecular formula is C15H15ClN4O. The number of ether oxygens (including phenoxy) is 1. The molecule has 5 nitrogen and oxygen atoms in total. The molecule has 2 aromatic rings. The van der Waals surface area contributed by atoms with Crippen LogP contribution in [0.1, 0.15) is 30.7 Å². The van der Waals surface area contributed by atoms with Gasteiger partial charge in [0, 0.05) is 11.1 Å². The molecule has 0 unspecified atom stereocenters. The van der Waals surface area contributed by atoms with Gasteiger partial charge in [-0.1, -0.05) is 25.4 Å². The first kappa shape index (κ1) is 15.1. The Bertz CT molecular complexity index is 710. The Morgan fingerprint density at radius 3 is 2.67 bits per heavy atom. The first-order chi connectivity index (χ1) is 10.1. The Labute approximate surface area is 128 Å². The second-order valence-electron chi connectivity index (χ2n) is 4.41. The lowest BCUT2D eigenvalue weighted by molar-refractivity contribution is 0.453. The zero-order chi connectivity index (χ0) is 15.4. The van der Waals surface area contributed by atoms with E-state index in [2.05, 4.69) is 16.3 Å². The summed E-state index contributed by atoms with van der Waals surface area (Å²) in [5, 5.41) is 18.0. The molecule has 2 rings (SSSR count). The molecule has 0 aliphatic rings. The summed E-state index contributed by atoms with van der Waals surface area (Å²) in [7, 11) is 0. The third kappa shape index (κ3) is 3.06. The Hall–Kier alpha value is -2.32. The van der Waals surface area contributed by atoms with Gasteiger partial charge in [0.05, 0.1) is 11.4 Å². The lowest BCUT2D eigenvalue weighted by Gasteiger charge is -2.12. The number of rotatable bonds is 4. The van der Waals surface area contributed by atoms with Gasteiger partial charge in [-0.2, -0.15) is 10.4 Å². The number of aryl methyl sites for hydroxylation is 1. The molecule has 2 N–H and O–H groups in total. The highest BCUT2D eigenvalue weighted by Crippen LogP contribution is 2.32. The van der Waals surface area contributed by atoms with Gasteiger partial charge in [-0.25, -0.2) is 0 Å². The van der Waals surface area contributed by atoms with E-state index in [0.717, 1.165) is 11.3 Å². The van der Waals surface area contributed by atoms with Crippen LogP contribution in [-0.4, -0.2) is 10.2 Å². The van der Waals surface area contributed by atoms with Crippen LogP contribution in [0.4, 0.5) is 5.69 Å². The SMILES string of the molecule is CCc1nnc(Oc2cc(Cl)ccc2N)c(C#N)c1CC. The van der Waals surface area contributed by atoms with E-state index in [1.54, 1.807) is 18.2 Å². The quantitative estimate of drug-likeness (QED) is 0.874. The standard InChI is InChI=1S/C15H15ClN4O/c1-3-10-11(8-17)15(20-19-13(10)4-2)21-14-7-9(16)5-6-12(14)18/h5-7H,3-4,18H2,1-2H3. The topological polar surface area (TPSA) is 84.8 Å². The van der Waals surface area contributed by atoms with Crippen LogP contribution in [0, 0.1) is 11.3 Å². The van der Waals surface area contributed by atoms with Crippen LogP contribution in [0.5, 0.6) is 11.6 Å². The molecule has 1 heterocycles. The normalized spacial score (nSPS) is 10.2. The Morgan fingerprint density at radius 1 is 1.29 bits per heavy atom. The molecule has 21 heavy (non-hydrogen) atoms. The van der Waals surface area contributed by atoms with Gasteiger partial charge in [0.15, 0.2) is 5.75 Å². The highest BCUT2D eigenvalue weighted by Gasteiger charge is 2.17. The van der Waals surface area contributed by atoms with Crippen LogP contribution in [0.25, 0.3) is 0 Å². The van der Waals surface area contributed by atoms with Crippen LogP contribution in [0.15, 0.2) is 18.2 Å². The fourth-order valence-corrected chi connectivity index (χ4v) is 2.20. The van der Waals surface area contributed by atoms with Gasteiger partial charge in [-0.05, 0) is 30.5 Å². The molecule has 0 amide bonds. The van der Waals surface area contributed by atoms with E-state index in [-0.39, 0.29) is 5.88 Å². The molecule has 108 valence electrons.